The highest BCUT2D eigenvalue weighted by Gasteiger charge is 2.31. The third-order valence-corrected chi connectivity index (χ3v) is 11.1. The van der Waals surface area contributed by atoms with E-state index in [1.165, 1.54) is 47.8 Å². The van der Waals surface area contributed by atoms with Gasteiger partial charge in [0.25, 0.3) is 5.91 Å². The van der Waals surface area contributed by atoms with Gasteiger partial charge in [0.2, 0.25) is 0 Å². The molecule has 0 saturated heterocycles. The van der Waals surface area contributed by atoms with Crippen molar-refractivity contribution in [3.05, 3.63) is 213 Å². The molecule has 0 aliphatic rings. The number of nitrogens with one attached hydrogen (secondary N) is 1. The normalized spacial score (nSPS) is 12.2. The average molecular weight is 981 g/mol. The summed E-state index contributed by atoms with van der Waals surface area (Å²) in [6, 6.07) is 30.4. The molecule has 0 aliphatic heterocycles. The summed E-state index contributed by atoms with van der Waals surface area (Å²) in [4.78, 5) is 47.1. The van der Waals surface area contributed by atoms with Gasteiger partial charge in [0.15, 0.2) is 0 Å². The molecule has 0 spiro atoms. The van der Waals surface area contributed by atoms with Crippen LogP contribution in [0.4, 0.5) is 26.3 Å². The number of aromatic nitrogens is 4. The van der Waals surface area contributed by atoms with Gasteiger partial charge in [-0.3, -0.25) is 4.79 Å². The minimum absolute atomic E-state index is 0.00769. The van der Waals surface area contributed by atoms with E-state index in [0.717, 1.165) is 35.4 Å². The fourth-order valence-electron chi connectivity index (χ4n) is 7.42. The van der Waals surface area contributed by atoms with Crippen LogP contribution in [0.1, 0.15) is 112 Å². The Morgan fingerprint density at radius 3 is 1.45 bits per heavy atom. The Morgan fingerprint density at radius 2 is 1.04 bits per heavy atom. The molecule has 1 amide bonds. The number of hydrogen-bond donors (Lipinski definition) is 3. The third kappa shape index (κ3) is 13.1. The number of rotatable bonds is 11. The van der Waals surface area contributed by atoms with Crippen molar-refractivity contribution in [1.29, 1.82) is 0 Å². The quantitative estimate of drug-likeness (QED) is 0.0834. The number of esters is 2. The Hall–Kier alpha value is -8.32. The zero-order chi connectivity index (χ0) is 51.6. The van der Waals surface area contributed by atoms with E-state index in [-0.39, 0.29) is 42.4 Å². The molecular weight excluding hydrogens is 935 g/mol. The summed E-state index contributed by atoms with van der Waals surface area (Å²) in [6.45, 7) is 3.70. The lowest BCUT2D eigenvalue weighted by atomic mass is 10.0. The van der Waals surface area contributed by atoms with Crippen LogP contribution in [0.15, 0.2) is 146 Å². The highest BCUT2D eigenvalue weighted by atomic mass is 19.4. The lowest BCUT2D eigenvalue weighted by Gasteiger charge is -2.15. The number of carbonyl (C=O) groups is 4. The Bertz CT molecular complexity index is 3170. The number of nitrogens with zero attached hydrogens (tertiary/aromatic N) is 4. The number of ether oxygens (including phenoxy) is 2. The first kappa shape index (κ1) is 52.1. The van der Waals surface area contributed by atoms with E-state index in [1.54, 1.807) is 92.1 Å². The monoisotopic (exact) mass is 980 g/mol. The molecule has 4 N–H and O–H groups in total. The molecule has 19 heteroatoms. The SMILES string of the molecule is COC(=O)c1ccc([C@H](C)N)cc1.COC(=O)c1ccc([C@H](C)NC(=O)c2cnn3cccc(Cc4cccc(C(F)(F)F)c4)c23)cc1.O=C(O)c1cnn2cccc(Cc3cccc(C(F)(F)F)c3)c12. The average Bonchev–Trinajstić information content (AvgIpc) is 4.01. The predicted octanol–water partition coefficient (Wildman–Crippen LogP) is 10.4. The van der Waals surface area contributed by atoms with Crippen molar-refractivity contribution in [2.45, 2.75) is 51.1 Å². The lowest BCUT2D eigenvalue weighted by molar-refractivity contribution is -0.138. The van der Waals surface area contributed by atoms with E-state index in [0.29, 0.717) is 50.0 Å². The van der Waals surface area contributed by atoms with E-state index in [2.05, 4.69) is 20.3 Å². The maximum atomic E-state index is 13.1. The number of fused-ring (bicyclic) bond motifs is 2. The molecule has 71 heavy (non-hydrogen) atoms. The molecule has 2 atom stereocenters. The van der Waals surface area contributed by atoms with Gasteiger partial charge in [0.1, 0.15) is 5.56 Å². The predicted molar refractivity (Wildman–Crippen MR) is 250 cm³/mol. The van der Waals surface area contributed by atoms with Gasteiger partial charge in [-0.2, -0.15) is 36.5 Å². The van der Waals surface area contributed by atoms with Gasteiger partial charge < -0.3 is 25.6 Å². The van der Waals surface area contributed by atoms with Crippen molar-refractivity contribution in [2.24, 2.45) is 5.73 Å². The van der Waals surface area contributed by atoms with Gasteiger partial charge in [-0.15, -0.1) is 0 Å². The first-order chi connectivity index (χ1) is 33.7. The summed E-state index contributed by atoms with van der Waals surface area (Å²) in [7, 11) is 2.67. The van der Waals surface area contributed by atoms with E-state index in [1.807, 2.05) is 19.1 Å². The number of aromatic carboxylic acids is 1. The van der Waals surface area contributed by atoms with Crippen LogP contribution in [0.5, 0.6) is 0 Å². The van der Waals surface area contributed by atoms with Crippen molar-refractivity contribution >= 4 is 34.8 Å². The van der Waals surface area contributed by atoms with Gasteiger partial charge in [-0.25, -0.2) is 23.4 Å². The fourth-order valence-corrected chi connectivity index (χ4v) is 7.42. The number of carboxylic acid groups (broad SMARTS) is 1. The maximum Gasteiger partial charge on any atom is 0.416 e. The third-order valence-electron chi connectivity index (χ3n) is 11.1. The molecule has 4 aromatic carbocycles. The van der Waals surface area contributed by atoms with Crippen molar-refractivity contribution < 1.29 is 60.1 Å². The Kier molecular flexibility index (Phi) is 16.4. The van der Waals surface area contributed by atoms with Crippen molar-refractivity contribution in [3.63, 3.8) is 0 Å². The first-order valence-electron chi connectivity index (χ1n) is 21.6. The van der Waals surface area contributed by atoms with Crippen LogP contribution >= 0.6 is 0 Å². The van der Waals surface area contributed by atoms with Crippen molar-refractivity contribution in [2.75, 3.05) is 14.2 Å². The van der Waals surface area contributed by atoms with Crippen LogP contribution in [-0.2, 0) is 34.7 Å². The highest BCUT2D eigenvalue weighted by molar-refractivity contribution is 6.01. The van der Waals surface area contributed by atoms with Gasteiger partial charge in [-0.1, -0.05) is 72.8 Å². The second kappa shape index (κ2) is 22.4. The minimum atomic E-state index is -4.44. The molecule has 0 unspecified atom stereocenters. The zero-order valence-corrected chi connectivity index (χ0v) is 38.5. The number of carbonyl (C=O) groups excluding carboxylic acids is 3. The van der Waals surface area contributed by atoms with Crippen LogP contribution in [0.2, 0.25) is 0 Å². The smallest absolute Gasteiger partial charge is 0.416 e. The van der Waals surface area contributed by atoms with Crippen LogP contribution in [0.3, 0.4) is 0 Å². The Labute approximate surface area is 402 Å². The van der Waals surface area contributed by atoms with Gasteiger partial charge in [0, 0.05) is 18.4 Å². The molecule has 0 radical (unpaired) electrons. The number of amides is 1. The Morgan fingerprint density at radius 1 is 0.620 bits per heavy atom. The summed E-state index contributed by atoms with van der Waals surface area (Å²) in [5.74, 6) is -2.28. The number of benzene rings is 4. The lowest BCUT2D eigenvalue weighted by Crippen LogP contribution is -2.26. The molecule has 0 fully saturated rings. The van der Waals surface area contributed by atoms with Gasteiger partial charge in [-0.05, 0) is 109 Å². The van der Waals surface area contributed by atoms with Crippen LogP contribution in [-0.4, -0.2) is 62.4 Å². The Balaban J connectivity index is 0.000000195. The second-order valence-corrected chi connectivity index (χ2v) is 16.0. The number of carboxylic acids is 1. The van der Waals surface area contributed by atoms with E-state index >= 15 is 0 Å². The number of hydrogen-bond acceptors (Lipinski definition) is 9. The molecule has 13 nitrogen and oxygen atoms in total. The summed E-state index contributed by atoms with van der Waals surface area (Å²) < 4.78 is 90.0. The first-order valence-corrected chi connectivity index (χ1v) is 21.6. The summed E-state index contributed by atoms with van der Waals surface area (Å²) in [5, 5.41) is 20.3. The molecule has 8 aromatic rings. The van der Waals surface area contributed by atoms with Crippen LogP contribution in [0.25, 0.3) is 11.0 Å². The van der Waals surface area contributed by atoms with Gasteiger partial charge >= 0.3 is 30.3 Å². The molecule has 368 valence electrons. The molecular formula is C52H46F6N6O7. The number of pyridine rings is 2. The van der Waals surface area contributed by atoms with E-state index < -0.39 is 35.4 Å². The zero-order valence-electron chi connectivity index (χ0n) is 38.5. The number of halogens is 6. The molecule has 0 aliphatic carbocycles. The summed E-state index contributed by atoms with van der Waals surface area (Å²) in [6.07, 6.45) is -2.53. The van der Waals surface area contributed by atoms with E-state index in [4.69, 9.17) is 10.5 Å². The summed E-state index contributed by atoms with van der Waals surface area (Å²) >= 11 is 0. The van der Waals surface area contributed by atoms with Gasteiger partial charge in [0.05, 0.1) is 71.5 Å². The number of alkyl halides is 6. The van der Waals surface area contributed by atoms with Crippen LogP contribution < -0.4 is 11.1 Å². The maximum absolute atomic E-state index is 13.1. The fraction of sp³-hybridized carbons (Fsp3) is 0.192. The second-order valence-electron chi connectivity index (χ2n) is 16.0. The highest BCUT2D eigenvalue weighted by Crippen LogP contribution is 2.32. The van der Waals surface area contributed by atoms with Crippen molar-refractivity contribution in [3.8, 4) is 0 Å². The summed E-state index contributed by atoms with van der Waals surface area (Å²) in [5.41, 5.74) is 10.4. The molecule has 8 rings (SSSR count). The topological polar surface area (TPSA) is 180 Å². The molecule has 0 saturated carbocycles. The molecule has 4 heterocycles. The molecule has 4 aromatic heterocycles. The largest absolute Gasteiger partial charge is 0.478 e. The van der Waals surface area contributed by atoms with Crippen molar-refractivity contribution in [1.82, 2.24) is 24.5 Å². The van der Waals surface area contributed by atoms with Crippen LogP contribution in [0, 0.1) is 0 Å². The molecule has 0 bridgehead atoms. The number of methoxy groups -OCH3 is 2. The standard InChI is InChI=1S/C26H22F3N3O3.C16H11F3N2O2.C10H13NO2/c1-16(18-8-10-19(11-9-18)25(34)35-2)31-24(33)22-15-30-32-12-4-6-20(23(22)32)13-17-5-3-7-21(14-17)26(27,28)29;17-16(18,19)12-5-1-3-10(8-12)7-11-4-2-6-21-14(11)13(9-20-21)15(22)23;1-7(11)8-3-5-9(6-4-8)10(12)13-2/h3-12,14-16H,13H2,1-2H3,(H,31,33);1-6,8-9H,7H2,(H,22,23);3-7H,11H2,1-2H3/t16-;;7-/m0.0/s1. The minimum Gasteiger partial charge on any atom is -0.478 e. The number of nitrogens with two attached hydrogens (primary N) is 1. The van der Waals surface area contributed by atoms with E-state index in [9.17, 15) is 50.6 Å².